The van der Waals surface area contributed by atoms with Gasteiger partial charge in [0.05, 0.1) is 16.5 Å². The molecule has 0 radical (unpaired) electrons. The van der Waals surface area contributed by atoms with E-state index in [9.17, 15) is 13.2 Å². The lowest BCUT2D eigenvalue weighted by Crippen LogP contribution is -2.28. The molecule has 0 aliphatic carbocycles. The monoisotopic (exact) mass is 462 g/mol. The largest absolute Gasteiger partial charge is 0.464 e. The van der Waals surface area contributed by atoms with Gasteiger partial charge in [-0.25, -0.2) is 12.7 Å². The van der Waals surface area contributed by atoms with Gasteiger partial charge in [0.2, 0.25) is 10.0 Å². The van der Waals surface area contributed by atoms with Crippen LogP contribution in [0.25, 0.3) is 0 Å². The predicted octanol–water partition coefficient (Wildman–Crippen LogP) is 2.93. The van der Waals surface area contributed by atoms with Gasteiger partial charge in [0.1, 0.15) is 11.5 Å². The van der Waals surface area contributed by atoms with E-state index in [0.29, 0.717) is 14.9 Å². The first-order valence-electron chi connectivity index (χ1n) is 7.22. The Balaban J connectivity index is 2.29. The standard InChI is InChI=1S/C16H19IN2O4S/c1-10-5-8-15(23-10)11(2)18-16(20)13-9-12(6-7-14(13)17)24(21,22)19(3)4/h5-9,11H,1-4H3,(H,18,20). The van der Waals surface area contributed by atoms with Crippen LogP contribution in [0, 0.1) is 10.5 Å². The van der Waals surface area contributed by atoms with Crippen LogP contribution in [0.2, 0.25) is 0 Å². The van der Waals surface area contributed by atoms with E-state index in [1.807, 2.05) is 42.5 Å². The fraction of sp³-hybridized carbons (Fsp3) is 0.312. The van der Waals surface area contributed by atoms with E-state index in [4.69, 9.17) is 4.42 Å². The highest BCUT2D eigenvalue weighted by atomic mass is 127. The summed E-state index contributed by atoms with van der Waals surface area (Å²) in [5.41, 5.74) is 0.314. The van der Waals surface area contributed by atoms with Gasteiger partial charge in [-0.15, -0.1) is 0 Å². The number of furan rings is 1. The van der Waals surface area contributed by atoms with E-state index < -0.39 is 10.0 Å². The molecule has 0 fully saturated rings. The molecule has 24 heavy (non-hydrogen) atoms. The second-order valence-electron chi connectivity index (χ2n) is 5.57. The summed E-state index contributed by atoms with van der Waals surface area (Å²) in [5, 5.41) is 2.83. The minimum absolute atomic E-state index is 0.0829. The summed E-state index contributed by atoms with van der Waals surface area (Å²) in [6, 6.07) is 7.81. The van der Waals surface area contributed by atoms with Crippen LogP contribution < -0.4 is 5.32 Å². The van der Waals surface area contributed by atoms with Gasteiger partial charge in [-0.2, -0.15) is 0 Å². The van der Waals surface area contributed by atoms with E-state index in [0.717, 1.165) is 10.1 Å². The van der Waals surface area contributed by atoms with Crippen molar-refractivity contribution in [1.82, 2.24) is 9.62 Å². The van der Waals surface area contributed by atoms with Crippen molar-refractivity contribution < 1.29 is 17.6 Å². The number of nitrogens with zero attached hydrogens (tertiary/aromatic N) is 1. The predicted molar refractivity (Wildman–Crippen MR) is 99.4 cm³/mol. The number of sulfonamides is 1. The summed E-state index contributed by atoms with van der Waals surface area (Å²) in [4.78, 5) is 12.6. The Morgan fingerprint density at radius 1 is 1.25 bits per heavy atom. The summed E-state index contributed by atoms with van der Waals surface area (Å²) in [6.45, 7) is 3.64. The number of nitrogens with one attached hydrogen (secondary N) is 1. The van der Waals surface area contributed by atoms with Crippen LogP contribution in [-0.4, -0.2) is 32.7 Å². The van der Waals surface area contributed by atoms with Gasteiger partial charge in [0.25, 0.3) is 5.91 Å². The van der Waals surface area contributed by atoms with E-state index in [-0.39, 0.29) is 16.8 Å². The molecule has 1 atom stereocenters. The van der Waals surface area contributed by atoms with Crippen molar-refractivity contribution in [3.63, 3.8) is 0 Å². The van der Waals surface area contributed by atoms with Crippen LogP contribution in [0.1, 0.15) is 34.8 Å². The zero-order chi connectivity index (χ0) is 18.1. The third kappa shape index (κ3) is 3.98. The molecule has 6 nitrogen and oxygen atoms in total. The van der Waals surface area contributed by atoms with Crippen molar-refractivity contribution in [3.8, 4) is 0 Å². The van der Waals surface area contributed by atoms with Crippen LogP contribution in [-0.2, 0) is 10.0 Å². The molecule has 2 rings (SSSR count). The zero-order valence-corrected chi connectivity index (χ0v) is 16.8. The fourth-order valence-corrected chi connectivity index (χ4v) is 3.59. The molecule has 1 aromatic heterocycles. The smallest absolute Gasteiger partial charge is 0.252 e. The molecule has 0 saturated heterocycles. The number of carbonyl (C=O) groups is 1. The summed E-state index contributed by atoms with van der Waals surface area (Å²) in [5.74, 6) is 1.06. The molecule has 0 aliphatic rings. The van der Waals surface area contributed by atoms with Gasteiger partial charge in [-0.1, -0.05) is 0 Å². The van der Waals surface area contributed by atoms with Gasteiger partial charge in [-0.05, 0) is 66.8 Å². The Hall–Kier alpha value is -1.39. The van der Waals surface area contributed by atoms with Crippen molar-refractivity contribution in [2.75, 3.05) is 14.1 Å². The molecule has 2 aromatic rings. The van der Waals surface area contributed by atoms with Crippen molar-refractivity contribution in [2.45, 2.75) is 24.8 Å². The first kappa shape index (κ1) is 18.9. The Kier molecular flexibility index (Phi) is 5.71. The van der Waals surface area contributed by atoms with Crippen LogP contribution in [0.4, 0.5) is 0 Å². The summed E-state index contributed by atoms with van der Waals surface area (Å²) < 4.78 is 31.8. The van der Waals surface area contributed by atoms with Gasteiger partial charge >= 0.3 is 0 Å². The number of rotatable bonds is 5. The van der Waals surface area contributed by atoms with E-state index in [1.54, 1.807) is 12.1 Å². The van der Waals surface area contributed by atoms with Crippen LogP contribution in [0.15, 0.2) is 39.6 Å². The highest BCUT2D eigenvalue weighted by Crippen LogP contribution is 2.22. The lowest BCUT2D eigenvalue weighted by molar-refractivity contribution is 0.0934. The molecule has 130 valence electrons. The average molecular weight is 462 g/mol. The lowest BCUT2D eigenvalue weighted by atomic mass is 10.2. The maximum atomic E-state index is 12.5. The summed E-state index contributed by atoms with van der Waals surface area (Å²) >= 11 is 2.01. The second kappa shape index (κ2) is 7.24. The van der Waals surface area contributed by atoms with Crippen LogP contribution in [0.5, 0.6) is 0 Å². The Morgan fingerprint density at radius 2 is 1.92 bits per heavy atom. The lowest BCUT2D eigenvalue weighted by Gasteiger charge is -2.15. The van der Waals surface area contributed by atoms with Crippen LogP contribution >= 0.6 is 22.6 Å². The SMILES string of the molecule is Cc1ccc(C(C)NC(=O)c2cc(S(=O)(=O)N(C)C)ccc2I)o1. The maximum Gasteiger partial charge on any atom is 0.252 e. The highest BCUT2D eigenvalue weighted by Gasteiger charge is 2.22. The minimum Gasteiger partial charge on any atom is -0.464 e. The number of aryl methyl sites for hydroxylation is 1. The van der Waals surface area contributed by atoms with Crippen LogP contribution in [0.3, 0.4) is 0 Å². The number of hydrogen-bond donors (Lipinski definition) is 1. The van der Waals surface area contributed by atoms with E-state index in [1.165, 1.54) is 26.2 Å². The summed E-state index contributed by atoms with van der Waals surface area (Å²) in [7, 11) is -0.690. The van der Waals surface area contributed by atoms with Crippen molar-refractivity contribution in [2.24, 2.45) is 0 Å². The molecule has 0 spiro atoms. The minimum atomic E-state index is -3.60. The maximum absolute atomic E-state index is 12.5. The van der Waals surface area contributed by atoms with Gasteiger partial charge in [0, 0.05) is 17.7 Å². The second-order valence-corrected chi connectivity index (χ2v) is 8.89. The number of amides is 1. The third-order valence-electron chi connectivity index (χ3n) is 3.50. The average Bonchev–Trinajstić information content (AvgIpc) is 2.93. The molecule has 8 heteroatoms. The molecule has 0 bridgehead atoms. The number of halogens is 1. The molecule has 0 aliphatic heterocycles. The normalized spacial score (nSPS) is 13.1. The van der Waals surface area contributed by atoms with E-state index >= 15 is 0 Å². The highest BCUT2D eigenvalue weighted by molar-refractivity contribution is 14.1. The number of hydrogen-bond acceptors (Lipinski definition) is 4. The topological polar surface area (TPSA) is 79.6 Å². The molecule has 1 unspecified atom stereocenters. The fourth-order valence-electron chi connectivity index (χ4n) is 2.08. The quantitative estimate of drug-likeness (QED) is 0.694. The van der Waals surface area contributed by atoms with Crippen molar-refractivity contribution >= 4 is 38.5 Å². The number of carbonyl (C=O) groups excluding carboxylic acids is 1. The molecule has 1 heterocycles. The van der Waals surface area contributed by atoms with Gasteiger partial charge in [-0.3, -0.25) is 4.79 Å². The van der Waals surface area contributed by atoms with E-state index in [2.05, 4.69) is 5.32 Å². The first-order valence-corrected chi connectivity index (χ1v) is 9.74. The molecular weight excluding hydrogens is 443 g/mol. The third-order valence-corrected chi connectivity index (χ3v) is 6.25. The molecule has 1 N–H and O–H groups in total. The molecule has 0 saturated carbocycles. The summed E-state index contributed by atoms with van der Waals surface area (Å²) in [6.07, 6.45) is 0. The van der Waals surface area contributed by atoms with Crippen molar-refractivity contribution in [1.29, 1.82) is 0 Å². The molecule has 1 amide bonds. The molecular formula is C16H19IN2O4S. The Labute approximate surface area is 155 Å². The van der Waals surface area contributed by atoms with Gasteiger partial charge in [0.15, 0.2) is 0 Å². The van der Waals surface area contributed by atoms with Crippen molar-refractivity contribution in [3.05, 3.63) is 51.0 Å². The zero-order valence-electron chi connectivity index (χ0n) is 13.8. The molecule has 1 aromatic carbocycles. The Bertz CT molecular complexity index is 859. The van der Waals surface area contributed by atoms with Gasteiger partial charge < -0.3 is 9.73 Å². The Morgan fingerprint density at radius 3 is 2.46 bits per heavy atom. The number of benzene rings is 1. The first-order chi connectivity index (χ1) is 11.1.